The Labute approximate surface area is 146 Å². The van der Waals surface area contributed by atoms with Crippen molar-refractivity contribution >= 4 is 16.8 Å². The van der Waals surface area contributed by atoms with Crippen LogP contribution in [-0.2, 0) is 0 Å². The van der Waals surface area contributed by atoms with E-state index in [1.54, 1.807) is 7.11 Å². The lowest BCUT2D eigenvalue weighted by Gasteiger charge is -2.27. The van der Waals surface area contributed by atoms with Crippen LogP contribution in [0.3, 0.4) is 0 Å². The van der Waals surface area contributed by atoms with Crippen molar-refractivity contribution in [2.24, 2.45) is 0 Å². The van der Waals surface area contributed by atoms with E-state index in [1.165, 1.54) is 0 Å². The highest BCUT2D eigenvalue weighted by molar-refractivity contribution is 6.07. The summed E-state index contributed by atoms with van der Waals surface area (Å²) in [6, 6.07) is 15.9. The summed E-state index contributed by atoms with van der Waals surface area (Å²) in [4.78, 5) is 15.0. The van der Waals surface area contributed by atoms with Crippen LogP contribution >= 0.6 is 0 Å². The number of fused-ring (bicyclic) bond motifs is 1. The first kappa shape index (κ1) is 15.7. The van der Waals surface area contributed by atoms with E-state index in [2.05, 4.69) is 9.88 Å². The lowest BCUT2D eigenvalue weighted by atomic mass is 10.1. The zero-order valence-electron chi connectivity index (χ0n) is 14.2. The van der Waals surface area contributed by atoms with Crippen molar-refractivity contribution in [2.75, 3.05) is 33.3 Å². The van der Waals surface area contributed by atoms with Gasteiger partial charge in [-0.2, -0.15) is 0 Å². The maximum absolute atomic E-state index is 13.0. The minimum atomic E-state index is 0.102. The fraction of sp³-hybridized carbons (Fsp3) is 0.250. The van der Waals surface area contributed by atoms with Crippen molar-refractivity contribution < 1.29 is 9.53 Å². The molecule has 0 spiro atoms. The van der Waals surface area contributed by atoms with Crippen molar-refractivity contribution in [1.29, 1.82) is 0 Å². The molecule has 4 rings (SSSR count). The zero-order valence-corrected chi connectivity index (χ0v) is 14.2. The van der Waals surface area contributed by atoms with Crippen molar-refractivity contribution in [3.8, 4) is 11.4 Å². The smallest absolute Gasteiger partial charge is 0.256 e. The number of hydrogen-bond acceptors (Lipinski definition) is 3. The highest BCUT2D eigenvalue weighted by Gasteiger charge is 2.22. The van der Waals surface area contributed by atoms with Gasteiger partial charge in [-0.15, -0.1) is 0 Å². The van der Waals surface area contributed by atoms with Crippen LogP contribution in [0.5, 0.6) is 5.75 Å². The summed E-state index contributed by atoms with van der Waals surface area (Å²) < 4.78 is 7.31. The largest absolute Gasteiger partial charge is 0.497 e. The van der Waals surface area contributed by atoms with Crippen LogP contribution in [0.4, 0.5) is 0 Å². The number of carbonyl (C=O) groups excluding carboxylic acids is 1. The second-order valence-electron chi connectivity index (χ2n) is 6.17. The Balaban J connectivity index is 1.79. The van der Waals surface area contributed by atoms with Gasteiger partial charge in [0.2, 0.25) is 0 Å². The van der Waals surface area contributed by atoms with E-state index in [-0.39, 0.29) is 5.91 Å². The number of hydrogen-bond donors (Lipinski definition) is 1. The van der Waals surface area contributed by atoms with Crippen molar-refractivity contribution in [2.45, 2.75) is 0 Å². The van der Waals surface area contributed by atoms with E-state index >= 15 is 0 Å². The molecule has 1 N–H and O–H groups in total. The van der Waals surface area contributed by atoms with Crippen molar-refractivity contribution in [1.82, 2.24) is 14.8 Å². The number of rotatable bonds is 3. The van der Waals surface area contributed by atoms with Crippen LogP contribution in [0, 0.1) is 0 Å². The number of nitrogens with one attached hydrogen (secondary N) is 1. The summed E-state index contributed by atoms with van der Waals surface area (Å²) in [6.45, 7) is 3.20. The molecule has 128 valence electrons. The van der Waals surface area contributed by atoms with Crippen LogP contribution in [0.2, 0.25) is 0 Å². The number of amides is 1. The predicted octanol–water partition coefficient (Wildman–Crippen LogP) is 2.68. The second-order valence-corrected chi connectivity index (χ2v) is 6.17. The summed E-state index contributed by atoms with van der Waals surface area (Å²) in [5.41, 5.74) is 2.80. The summed E-state index contributed by atoms with van der Waals surface area (Å²) in [6.07, 6.45) is 1.96. The van der Waals surface area contributed by atoms with Crippen LogP contribution in [0.1, 0.15) is 10.4 Å². The molecule has 1 aromatic heterocycles. The second kappa shape index (κ2) is 6.61. The molecular formula is C20H21N3O2. The van der Waals surface area contributed by atoms with Crippen LogP contribution in [0.25, 0.3) is 16.6 Å². The molecule has 1 fully saturated rings. The number of piperazine rings is 1. The molecule has 1 saturated heterocycles. The summed E-state index contributed by atoms with van der Waals surface area (Å²) in [7, 11) is 1.66. The maximum Gasteiger partial charge on any atom is 0.256 e. The Morgan fingerprint density at radius 2 is 1.76 bits per heavy atom. The molecule has 3 aromatic rings. The van der Waals surface area contributed by atoms with E-state index < -0.39 is 0 Å². The lowest BCUT2D eigenvalue weighted by Crippen LogP contribution is -2.46. The number of carbonyl (C=O) groups is 1. The van der Waals surface area contributed by atoms with E-state index in [4.69, 9.17) is 4.74 Å². The highest BCUT2D eigenvalue weighted by atomic mass is 16.5. The van der Waals surface area contributed by atoms with Gasteiger partial charge in [0.1, 0.15) is 5.75 Å². The highest BCUT2D eigenvalue weighted by Crippen LogP contribution is 2.27. The molecule has 2 heterocycles. The first-order valence-electron chi connectivity index (χ1n) is 8.52. The minimum Gasteiger partial charge on any atom is -0.497 e. The van der Waals surface area contributed by atoms with E-state index in [0.29, 0.717) is 0 Å². The lowest BCUT2D eigenvalue weighted by molar-refractivity contribution is 0.0737. The van der Waals surface area contributed by atoms with Gasteiger partial charge < -0.3 is 19.5 Å². The Morgan fingerprint density at radius 3 is 2.48 bits per heavy atom. The number of methoxy groups -OCH3 is 1. The monoisotopic (exact) mass is 335 g/mol. The molecule has 1 aliphatic rings. The van der Waals surface area contributed by atoms with Crippen LogP contribution in [-0.4, -0.2) is 48.7 Å². The Hall–Kier alpha value is -2.79. The molecular weight excluding hydrogens is 314 g/mol. The molecule has 0 aliphatic carbocycles. The normalized spacial score (nSPS) is 14.7. The van der Waals surface area contributed by atoms with Gasteiger partial charge in [-0.3, -0.25) is 4.79 Å². The van der Waals surface area contributed by atoms with E-state index in [1.807, 2.05) is 59.6 Å². The average Bonchev–Trinajstić information content (AvgIpc) is 3.08. The molecule has 0 atom stereocenters. The molecule has 0 bridgehead atoms. The maximum atomic E-state index is 13.0. The van der Waals surface area contributed by atoms with Gasteiger partial charge in [-0.25, -0.2) is 0 Å². The first-order valence-corrected chi connectivity index (χ1v) is 8.52. The third kappa shape index (κ3) is 2.87. The van der Waals surface area contributed by atoms with Gasteiger partial charge in [-0.05, 0) is 30.3 Å². The third-order valence-electron chi connectivity index (χ3n) is 4.70. The molecule has 2 aromatic carbocycles. The number of benzene rings is 2. The Morgan fingerprint density at radius 1 is 1.04 bits per heavy atom. The summed E-state index contributed by atoms with van der Waals surface area (Å²) in [5, 5.41) is 4.28. The number of nitrogens with zero attached hydrogens (tertiary/aromatic N) is 2. The fourth-order valence-corrected chi connectivity index (χ4v) is 3.34. The molecule has 0 unspecified atom stereocenters. The number of para-hydroxylation sites is 1. The van der Waals surface area contributed by atoms with Crippen LogP contribution in [0.15, 0.2) is 54.7 Å². The topological polar surface area (TPSA) is 46.5 Å². The van der Waals surface area contributed by atoms with Gasteiger partial charge >= 0.3 is 0 Å². The standard InChI is InChI=1S/C20H21N3O2/c1-25-16-8-6-15(7-9-16)23-14-18(17-4-2-3-5-19(17)23)20(24)22-12-10-21-11-13-22/h2-9,14,21H,10-13H2,1H3. The van der Waals surface area contributed by atoms with E-state index in [9.17, 15) is 4.79 Å². The van der Waals surface area contributed by atoms with Gasteiger partial charge in [0, 0.05) is 43.4 Å². The number of ether oxygens (including phenoxy) is 1. The molecule has 5 nitrogen and oxygen atoms in total. The average molecular weight is 335 g/mol. The molecule has 0 radical (unpaired) electrons. The number of aromatic nitrogens is 1. The van der Waals surface area contributed by atoms with Crippen LogP contribution < -0.4 is 10.1 Å². The molecule has 0 saturated carbocycles. The zero-order chi connectivity index (χ0) is 17.2. The van der Waals surface area contributed by atoms with Gasteiger partial charge in [0.25, 0.3) is 5.91 Å². The quantitative estimate of drug-likeness (QED) is 0.800. The first-order chi connectivity index (χ1) is 12.3. The molecule has 1 aliphatic heterocycles. The van der Waals surface area contributed by atoms with Gasteiger partial charge in [-0.1, -0.05) is 18.2 Å². The predicted molar refractivity (Wildman–Crippen MR) is 98.6 cm³/mol. The van der Waals surface area contributed by atoms with Gasteiger partial charge in [0.15, 0.2) is 0 Å². The van der Waals surface area contributed by atoms with Crippen molar-refractivity contribution in [3.05, 3.63) is 60.3 Å². The summed E-state index contributed by atoms with van der Waals surface area (Å²) >= 11 is 0. The molecule has 1 amide bonds. The van der Waals surface area contributed by atoms with E-state index in [0.717, 1.165) is 54.1 Å². The van der Waals surface area contributed by atoms with Crippen molar-refractivity contribution in [3.63, 3.8) is 0 Å². The fourth-order valence-electron chi connectivity index (χ4n) is 3.34. The minimum absolute atomic E-state index is 0.102. The molecule has 25 heavy (non-hydrogen) atoms. The van der Waals surface area contributed by atoms with Gasteiger partial charge in [0.05, 0.1) is 18.2 Å². The molecule has 5 heteroatoms. The third-order valence-corrected chi connectivity index (χ3v) is 4.70. The summed E-state index contributed by atoms with van der Waals surface area (Å²) in [5.74, 6) is 0.919. The Bertz CT molecular complexity index is 893. The Kier molecular flexibility index (Phi) is 4.15. The SMILES string of the molecule is COc1ccc(-n2cc(C(=O)N3CCNCC3)c3ccccc32)cc1.